The molecule has 0 aliphatic carbocycles. The molecule has 2 heteroatoms. The third-order valence-corrected chi connectivity index (χ3v) is 2.10. The Morgan fingerprint density at radius 1 is 1.45 bits per heavy atom. The SMILES string of the molecule is CC(C)C1=CCCN1[C@@H](C)O. The van der Waals surface area contributed by atoms with E-state index in [-0.39, 0.29) is 6.23 Å². The van der Waals surface area contributed by atoms with E-state index in [0.717, 1.165) is 13.0 Å². The van der Waals surface area contributed by atoms with Crippen LogP contribution in [0.2, 0.25) is 0 Å². The van der Waals surface area contributed by atoms with Crippen LogP contribution in [0.3, 0.4) is 0 Å². The lowest BCUT2D eigenvalue weighted by molar-refractivity contribution is 0.0460. The van der Waals surface area contributed by atoms with Gasteiger partial charge in [-0.25, -0.2) is 0 Å². The first-order chi connectivity index (χ1) is 5.13. The van der Waals surface area contributed by atoms with E-state index in [0.29, 0.717) is 5.92 Å². The molecule has 0 amide bonds. The minimum absolute atomic E-state index is 0.328. The van der Waals surface area contributed by atoms with Crippen LogP contribution < -0.4 is 0 Å². The number of nitrogens with zero attached hydrogens (tertiary/aromatic N) is 1. The van der Waals surface area contributed by atoms with Crippen LogP contribution in [0.25, 0.3) is 0 Å². The summed E-state index contributed by atoms with van der Waals surface area (Å²) in [4.78, 5) is 2.06. The van der Waals surface area contributed by atoms with Crippen molar-refractivity contribution in [2.45, 2.75) is 33.4 Å². The molecule has 1 rings (SSSR count). The molecule has 1 heterocycles. The fourth-order valence-corrected chi connectivity index (χ4v) is 1.57. The van der Waals surface area contributed by atoms with Crippen molar-refractivity contribution in [1.29, 1.82) is 0 Å². The number of allylic oxidation sites excluding steroid dienone is 1. The molecule has 2 nitrogen and oxygen atoms in total. The second-order valence-electron chi connectivity index (χ2n) is 3.40. The summed E-state index contributed by atoms with van der Waals surface area (Å²) in [5, 5.41) is 9.36. The molecule has 0 radical (unpaired) electrons. The first-order valence-electron chi connectivity index (χ1n) is 4.27. The summed E-state index contributed by atoms with van der Waals surface area (Å²) in [7, 11) is 0. The van der Waals surface area contributed by atoms with E-state index < -0.39 is 0 Å². The van der Waals surface area contributed by atoms with E-state index in [9.17, 15) is 5.11 Å². The molecular formula is C9H17NO. The van der Waals surface area contributed by atoms with Crippen LogP contribution in [-0.2, 0) is 0 Å². The molecule has 1 aliphatic rings. The maximum absolute atomic E-state index is 9.36. The summed E-state index contributed by atoms with van der Waals surface area (Å²) >= 11 is 0. The molecule has 1 N–H and O–H groups in total. The van der Waals surface area contributed by atoms with Crippen molar-refractivity contribution in [2.24, 2.45) is 5.92 Å². The molecule has 0 fully saturated rings. The third kappa shape index (κ3) is 1.74. The van der Waals surface area contributed by atoms with Crippen molar-refractivity contribution in [2.75, 3.05) is 6.54 Å². The molecule has 0 bridgehead atoms. The van der Waals surface area contributed by atoms with E-state index in [1.165, 1.54) is 5.70 Å². The molecule has 1 aliphatic heterocycles. The Morgan fingerprint density at radius 3 is 2.45 bits per heavy atom. The smallest absolute Gasteiger partial charge is 0.123 e. The van der Waals surface area contributed by atoms with Crippen molar-refractivity contribution >= 4 is 0 Å². The van der Waals surface area contributed by atoms with Gasteiger partial charge >= 0.3 is 0 Å². The van der Waals surface area contributed by atoms with Gasteiger partial charge in [0.15, 0.2) is 0 Å². The lowest BCUT2D eigenvalue weighted by atomic mass is 10.1. The minimum atomic E-state index is -0.328. The van der Waals surface area contributed by atoms with Gasteiger partial charge in [-0.05, 0) is 19.3 Å². The zero-order valence-electron chi connectivity index (χ0n) is 7.54. The molecule has 1 atom stereocenters. The normalized spacial score (nSPS) is 20.8. The second-order valence-corrected chi connectivity index (χ2v) is 3.40. The fourth-order valence-electron chi connectivity index (χ4n) is 1.57. The molecule has 0 spiro atoms. The van der Waals surface area contributed by atoms with Gasteiger partial charge in [0.2, 0.25) is 0 Å². The molecule has 0 aromatic heterocycles. The summed E-state index contributed by atoms with van der Waals surface area (Å²) in [6.07, 6.45) is 2.97. The van der Waals surface area contributed by atoms with Crippen molar-refractivity contribution in [3.8, 4) is 0 Å². The van der Waals surface area contributed by atoms with Gasteiger partial charge in [0, 0.05) is 12.2 Å². The summed E-state index contributed by atoms with van der Waals surface area (Å²) < 4.78 is 0. The van der Waals surface area contributed by atoms with Crippen LogP contribution in [0.1, 0.15) is 27.2 Å². The van der Waals surface area contributed by atoms with Gasteiger partial charge in [-0.15, -0.1) is 0 Å². The van der Waals surface area contributed by atoms with Crippen molar-refractivity contribution in [1.82, 2.24) is 4.90 Å². The van der Waals surface area contributed by atoms with Crippen LogP contribution in [0.15, 0.2) is 11.8 Å². The number of aliphatic hydroxyl groups is 1. The highest BCUT2D eigenvalue weighted by molar-refractivity contribution is 5.09. The maximum atomic E-state index is 9.36. The summed E-state index contributed by atoms with van der Waals surface area (Å²) in [5.74, 6) is 0.534. The number of hydrogen-bond donors (Lipinski definition) is 1. The monoisotopic (exact) mass is 155 g/mol. The van der Waals surface area contributed by atoms with E-state index in [1.54, 1.807) is 0 Å². The minimum Gasteiger partial charge on any atom is -0.374 e. The van der Waals surface area contributed by atoms with Gasteiger partial charge in [0.1, 0.15) is 6.23 Å². The third-order valence-electron chi connectivity index (χ3n) is 2.10. The highest BCUT2D eigenvalue weighted by Crippen LogP contribution is 2.23. The predicted molar refractivity (Wildman–Crippen MR) is 45.9 cm³/mol. The van der Waals surface area contributed by atoms with Crippen molar-refractivity contribution in [3.63, 3.8) is 0 Å². The number of hydrogen-bond acceptors (Lipinski definition) is 2. The summed E-state index contributed by atoms with van der Waals surface area (Å²) in [6, 6.07) is 0. The van der Waals surface area contributed by atoms with Crippen LogP contribution in [0.5, 0.6) is 0 Å². The summed E-state index contributed by atoms with van der Waals surface area (Å²) in [5.41, 5.74) is 1.29. The lowest BCUT2D eigenvalue weighted by Crippen LogP contribution is -2.31. The van der Waals surface area contributed by atoms with Crippen LogP contribution in [0.4, 0.5) is 0 Å². The van der Waals surface area contributed by atoms with Gasteiger partial charge in [0.25, 0.3) is 0 Å². The Kier molecular flexibility index (Phi) is 2.55. The van der Waals surface area contributed by atoms with Crippen molar-refractivity contribution in [3.05, 3.63) is 11.8 Å². The van der Waals surface area contributed by atoms with Crippen LogP contribution in [-0.4, -0.2) is 22.8 Å². The maximum Gasteiger partial charge on any atom is 0.123 e. The predicted octanol–water partition coefficient (Wildman–Crippen LogP) is 1.57. The zero-order valence-corrected chi connectivity index (χ0v) is 7.54. The highest BCUT2D eigenvalue weighted by Gasteiger charge is 2.20. The molecule has 0 aromatic rings. The number of rotatable bonds is 2. The van der Waals surface area contributed by atoms with E-state index in [1.807, 2.05) is 6.92 Å². The number of aliphatic hydroxyl groups excluding tert-OH is 1. The highest BCUT2D eigenvalue weighted by atomic mass is 16.3. The standard InChI is InChI=1S/C9H17NO/c1-7(2)9-5-4-6-10(9)8(3)11/h5,7-8,11H,4,6H2,1-3H3/t8-/m1/s1. The Bertz CT molecular complexity index is 161. The molecule has 11 heavy (non-hydrogen) atoms. The Labute approximate surface area is 68.5 Å². The average molecular weight is 155 g/mol. The molecule has 0 aromatic carbocycles. The second kappa shape index (κ2) is 3.26. The Morgan fingerprint density at radius 2 is 2.09 bits per heavy atom. The Balaban J connectivity index is 2.63. The van der Waals surface area contributed by atoms with E-state index in [4.69, 9.17) is 0 Å². The molecule has 0 saturated heterocycles. The van der Waals surface area contributed by atoms with Gasteiger partial charge in [-0.2, -0.15) is 0 Å². The van der Waals surface area contributed by atoms with Crippen molar-refractivity contribution < 1.29 is 5.11 Å². The quantitative estimate of drug-likeness (QED) is 0.654. The molecule has 0 saturated carbocycles. The molecule has 64 valence electrons. The average Bonchev–Trinajstić information content (AvgIpc) is 2.32. The van der Waals surface area contributed by atoms with Gasteiger partial charge < -0.3 is 10.0 Å². The molecule has 0 unspecified atom stereocenters. The topological polar surface area (TPSA) is 23.5 Å². The van der Waals surface area contributed by atoms with Gasteiger partial charge in [-0.1, -0.05) is 19.9 Å². The van der Waals surface area contributed by atoms with E-state index in [2.05, 4.69) is 24.8 Å². The van der Waals surface area contributed by atoms with Crippen LogP contribution in [0, 0.1) is 5.92 Å². The Hall–Kier alpha value is -0.500. The first-order valence-corrected chi connectivity index (χ1v) is 4.27. The van der Waals surface area contributed by atoms with Gasteiger partial charge in [-0.3, -0.25) is 0 Å². The van der Waals surface area contributed by atoms with Gasteiger partial charge in [0.05, 0.1) is 0 Å². The summed E-state index contributed by atoms with van der Waals surface area (Å²) in [6.45, 7) is 7.12. The first kappa shape index (κ1) is 8.60. The van der Waals surface area contributed by atoms with E-state index >= 15 is 0 Å². The van der Waals surface area contributed by atoms with Crippen LogP contribution >= 0.6 is 0 Å². The lowest BCUT2D eigenvalue weighted by Gasteiger charge is -2.27. The molecular weight excluding hydrogens is 138 g/mol. The zero-order chi connectivity index (χ0) is 8.43. The fraction of sp³-hybridized carbons (Fsp3) is 0.778. The largest absolute Gasteiger partial charge is 0.374 e.